The molecule has 9 heteroatoms. The lowest BCUT2D eigenvalue weighted by atomic mass is 10.2. The average molecular weight is 421 g/mol. The lowest BCUT2D eigenvalue weighted by Gasteiger charge is -2.04. The Morgan fingerprint density at radius 3 is 2.70 bits per heavy atom. The minimum absolute atomic E-state index is 0.246. The molecule has 138 valence electrons. The van der Waals surface area contributed by atoms with Gasteiger partial charge in [0, 0.05) is 29.9 Å². The first-order valence-corrected chi connectivity index (χ1v) is 9.55. The molecule has 0 aliphatic rings. The summed E-state index contributed by atoms with van der Waals surface area (Å²) >= 11 is 12.9. The molecule has 0 bridgehead atoms. The summed E-state index contributed by atoms with van der Waals surface area (Å²) in [4.78, 5) is 32.6. The molecule has 0 atom stereocenters. The monoisotopic (exact) mass is 420 g/mol. The van der Waals surface area contributed by atoms with Gasteiger partial charge in [-0.15, -0.1) is 11.3 Å². The van der Waals surface area contributed by atoms with Crippen molar-refractivity contribution in [1.82, 2.24) is 15.3 Å². The van der Waals surface area contributed by atoms with Crippen LogP contribution in [-0.2, 0) is 6.42 Å². The van der Waals surface area contributed by atoms with Gasteiger partial charge in [-0.2, -0.15) is 0 Å². The van der Waals surface area contributed by atoms with Crippen molar-refractivity contribution in [3.8, 4) is 0 Å². The number of amides is 2. The standard InChI is InChI=1S/C18H14Cl2N4O2S/c19-13-4-3-12(8-14(13)20)16(25)24-18-23-15(10-27-18)17(26)22-7-5-11-2-1-6-21-9-11/h1-4,6,8-10H,5,7H2,(H,22,26)(H,23,24,25). The second-order valence-electron chi connectivity index (χ2n) is 5.49. The number of halogens is 2. The Labute approximate surface area is 169 Å². The van der Waals surface area contributed by atoms with E-state index in [0.717, 1.165) is 5.56 Å². The highest BCUT2D eigenvalue weighted by molar-refractivity contribution is 7.14. The first kappa shape index (κ1) is 19.3. The van der Waals surface area contributed by atoms with Crippen LogP contribution in [0.1, 0.15) is 26.4 Å². The molecule has 3 aromatic rings. The van der Waals surface area contributed by atoms with E-state index in [-0.39, 0.29) is 22.5 Å². The number of thiazole rings is 1. The molecule has 0 unspecified atom stereocenters. The predicted octanol–water partition coefficient (Wildman–Crippen LogP) is 4.07. The Bertz CT molecular complexity index is 963. The van der Waals surface area contributed by atoms with Crippen LogP contribution in [0.3, 0.4) is 0 Å². The van der Waals surface area contributed by atoms with Crippen LogP contribution in [0.5, 0.6) is 0 Å². The fourth-order valence-corrected chi connectivity index (χ4v) is 3.18. The summed E-state index contributed by atoms with van der Waals surface area (Å²) in [7, 11) is 0. The number of carbonyl (C=O) groups excluding carboxylic acids is 2. The maximum absolute atomic E-state index is 12.2. The van der Waals surface area contributed by atoms with Gasteiger partial charge in [0.1, 0.15) is 5.69 Å². The number of rotatable bonds is 6. The lowest BCUT2D eigenvalue weighted by molar-refractivity contribution is 0.0948. The molecule has 2 amide bonds. The summed E-state index contributed by atoms with van der Waals surface area (Å²) in [6.45, 7) is 0.465. The van der Waals surface area contributed by atoms with E-state index in [2.05, 4.69) is 20.6 Å². The Morgan fingerprint density at radius 2 is 1.96 bits per heavy atom. The number of pyridine rings is 1. The molecule has 2 heterocycles. The topological polar surface area (TPSA) is 84.0 Å². The molecule has 0 radical (unpaired) electrons. The van der Waals surface area contributed by atoms with Crippen molar-refractivity contribution in [2.45, 2.75) is 6.42 Å². The van der Waals surface area contributed by atoms with Crippen molar-refractivity contribution in [3.05, 3.63) is 75.0 Å². The van der Waals surface area contributed by atoms with E-state index in [9.17, 15) is 9.59 Å². The molecule has 0 spiro atoms. The molecule has 6 nitrogen and oxygen atoms in total. The maximum Gasteiger partial charge on any atom is 0.270 e. The number of carbonyl (C=O) groups is 2. The third kappa shape index (κ3) is 5.26. The van der Waals surface area contributed by atoms with Crippen LogP contribution in [0, 0.1) is 0 Å². The van der Waals surface area contributed by atoms with Crippen molar-refractivity contribution in [2.24, 2.45) is 0 Å². The molecule has 2 N–H and O–H groups in total. The maximum atomic E-state index is 12.2. The SMILES string of the molecule is O=C(Nc1nc(C(=O)NCCc2cccnc2)cs1)c1ccc(Cl)c(Cl)c1. The predicted molar refractivity (Wildman–Crippen MR) is 107 cm³/mol. The van der Waals surface area contributed by atoms with E-state index in [1.165, 1.54) is 17.4 Å². The van der Waals surface area contributed by atoms with Gasteiger partial charge < -0.3 is 5.32 Å². The molecule has 2 aromatic heterocycles. The summed E-state index contributed by atoms with van der Waals surface area (Å²) in [5, 5.41) is 8.00. The molecular weight excluding hydrogens is 407 g/mol. The zero-order valence-corrected chi connectivity index (χ0v) is 16.2. The molecule has 0 saturated heterocycles. The number of nitrogens with one attached hydrogen (secondary N) is 2. The first-order valence-electron chi connectivity index (χ1n) is 7.92. The normalized spacial score (nSPS) is 10.4. The van der Waals surface area contributed by atoms with Gasteiger partial charge in [0.15, 0.2) is 5.13 Å². The molecule has 1 aromatic carbocycles. The number of hydrogen-bond acceptors (Lipinski definition) is 5. The largest absolute Gasteiger partial charge is 0.350 e. The van der Waals surface area contributed by atoms with Gasteiger partial charge in [-0.25, -0.2) is 4.98 Å². The van der Waals surface area contributed by atoms with Gasteiger partial charge in [0.25, 0.3) is 11.8 Å². The van der Waals surface area contributed by atoms with Crippen LogP contribution in [-0.4, -0.2) is 28.3 Å². The van der Waals surface area contributed by atoms with Crippen LogP contribution >= 0.6 is 34.5 Å². The van der Waals surface area contributed by atoms with Gasteiger partial charge in [-0.05, 0) is 36.2 Å². The number of hydrogen-bond donors (Lipinski definition) is 2. The minimum atomic E-state index is -0.383. The molecule has 0 fully saturated rings. The highest BCUT2D eigenvalue weighted by Gasteiger charge is 2.14. The summed E-state index contributed by atoms with van der Waals surface area (Å²) in [5.41, 5.74) is 1.63. The summed E-state index contributed by atoms with van der Waals surface area (Å²) in [6.07, 6.45) is 4.13. The fourth-order valence-electron chi connectivity index (χ4n) is 2.20. The molecule has 27 heavy (non-hydrogen) atoms. The highest BCUT2D eigenvalue weighted by atomic mass is 35.5. The van der Waals surface area contributed by atoms with Gasteiger partial charge in [-0.1, -0.05) is 29.3 Å². The van der Waals surface area contributed by atoms with Crippen molar-refractivity contribution in [1.29, 1.82) is 0 Å². The van der Waals surface area contributed by atoms with Crippen molar-refractivity contribution < 1.29 is 9.59 Å². The van der Waals surface area contributed by atoms with E-state index in [1.807, 2.05) is 12.1 Å². The minimum Gasteiger partial charge on any atom is -0.350 e. The summed E-state index contributed by atoms with van der Waals surface area (Å²) in [5.74, 6) is -0.684. The Kier molecular flexibility index (Phi) is 6.39. The third-order valence-electron chi connectivity index (χ3n) is 3.56. The Morgan fingerprint density at radius 1 is 1.11 bits per heavy atom. The van der Waals surface area contributed by atoms with Gasteiger partial charge in [0.2, 0.25) is 0 Å². The fraction of sp³-hybridized carbons (Fsp3) is 0.111. The van der Waals surface area contributed by atoms with E-state index >= 15 is 0 Å². The number of anilines is 1. The van der Waals surface area contributed by atoms with Crippen LogP contribution in [0.15, 0.2) is 48.1 Å². The van der Waals surface area contributed by atoms with Crippen LogP contribution in [0.25, 0.3) is 0 Å². The van der Waals surface area contributed by atoms with Gasteiger partial charge in [0.05, 0.1) is 10.0 Å². The summed E-state index contributed by atoms with van der Waals surface area (Å²) < 4.78 is 0. The van der Waals surface area contributed by atoms with Crippen LogP contribution in [0.4, 0.5) is 5.13 Å². The van der Waals surface area contributed by atoms with Crippen molar-refractivity contribution >= 4 is 51.5 Å². The Balaban J connectivity index is 1.54. The van der Waals surface area contributed by atoms with E-state index in [4.69, 9.17) is 23.2 Å². The van der Waals surface area contributed by atoms with Crippen molar-refractivity contribution in [2.75, 3.05) is 11.9 Å². The number of benzene rings is 1. The molecule has 0 aliphatic carbocycles. The van der Waals surface area contributed by atoms with E-state index < -0.39 is 0 Å². The number of aromatic nitrogens is 2. The smallest absolute Gasteiger partial charge is 0.270 e. The highest BCUT2D eigenvalue weighted by Crippen LogP contribution is 2.23. The van der Waals surface area contributed by atoms with Crippen LogP contribution in [0.2, 0.25) is 10.0 Å². The van der Waals surface area contributed by atoms with Crippen molar-refractivity contribution in [3.63, 3.8) is 0 Å². The molecule has 0 saturated carbocycles. The van der Waals surface area contributed by atoms with E-state index in [0.29, 0.717) is 28.7 Å². The van der Waals surface area contributed by atoms with Crippen LogP contribution < -0.4 is 10.6 Å². The lowest BCUT2D eigenvalue weighted by Crippen LogP contribution is -2.26. The zero-order chi connectivity index (χ0) is 19.2. The summed E-state index contributed by atoms with van der Waals surface area (Å²) in [6, 6.07) is 8.36. The van der Waals surface area contributed by atoms with Gasteiger partial charge in [-0.3, -0.25) is 19.9 Å². The van der Waals surface area contributed by atoms with E-state index in [1.54, 1.807) is 29.9 Å². The Hall–Kier alpha value is -2.48. The molecular formula is C18H14Cl2N4O2S. The second kappa shape index (κ2) is 8.94. The quantitative estimate of drug-likeness (QED) is 0.629. The number of nitrogens with zero attached hydrogens (tertiary/aromatic N) is 2. The van der Waals surface area contributed by atoms with Gasteiger partial charge >= 0.3 is 0 Å². The average Bonchev–Trinajstić information content (AvgIpc) is 3.13. The molecule has 0 aliphatic heterocycles. The molecule has 3 rings (SSSR count). The third-order valence-corrected chi connectivity index (χ3v) is 5.06. The first-order chi connectivity index (χ1) is 13.0. The zero-order valence-electron chi connectivity index (χ0n) is 13.9. The second-order valence-corrected chi connectivity index (χ2v) is 7.16.